The molecule has 2 fully saturated rings. The first-order chi connectivity index (χ1) is 14.2. The second-order valence-corrected chi connectivity index (χ2v) is 7.98. The predicted octanol–water partition coefficient (Wildman–Crippen LogP) is 3.09. The summed E-state index contributed by atoms with van der Waals surface area (Å²) >= 11 is 0. The number of ether oxygens (including phenoxy) is 2. The molecule has 2 aliphatic rings. The van der Waals surface area contributed by atoms with Crippen molar-refractivity contribution in [3.63, 3.8) is 0 Å². The molecule has 2 heterocycles. The third kappa shape index (κ3) is 4.31. The Morgan fingerprint density at radius 1 is 0.966 bits per heavy atom. The van der Waals surface area contributed by atoms with Crippen LogP contribution in [0.4, 0.5) is 0 Å². The largest absolute Gasteiger partial charge is 0.497 e. The van der Waals surface area contributed by atoms with Gasteiger partial charge in [-0.1, -0.05) is 42.5 Å². The number of hydrogen-bond acceptors (Lipinski definition) is 4. The van der Waals surface area contributed by atoms with Gasteiger partial charge in [-0.25, -0.2) is 0 Å². The predicted molar refractivity (Wildman–Crippen MR) is 113 cm³/mol. The van der Waals surface area contributed by atoms with Crippen LogP contribution in [0.15, 0.2) is 54.6 Å². The van der Waals surface area contributed by atoms with Gasteiger partial charge in [0.05, 0.1) is 12.5 Å². The zero-order chi connectivity index (χ0) is 20.1. The fourth-order valence-corrected chi connectivity index (χ4v) is 4.51. The minimum Gasteiger partial charge on any atom is -0.497 e. The number of benzene rings is 2. The van der Waals surface area contributed by atoms with E-state index in [2.05, 4.69) is 34.1 Å². The quantitative estimate of drug-likeness (QED) is 0.782. The zero-order valence-corrected chi connectivity index (χ0v) is 17.2. The van der Waals surface area contributed by atoms with Gasteiger partial charge in [0.2, 0.25) is 5.91 Å². The van der Waals surface area contributed by atoms with Crippen LogP contribution in [0.5, 0.6) is 5.75 Å². The molecule has 2 aromatic rings. The van der Waals surface area contributed by atoms with Gasteiger partial charge in [-0.3, -0.25) is 9.69 Å². The van der Waals surface area contributed by atoms with Gasteiger partial charge in [-0.2, -0.15) is 0 Å². The second-order valence-electron chi connectivity index (χ2n) is 7.98. The van der Waals surface area contributed by atoms with E-state index < -0.39 is 5.41 Å². The maximum Gasteiger partial charge on any atom is 0.233 e. The molecule has 0 radical (unpaired) electrons. The fourth-order valence-electron chi connectivity index (χ4n) is 4.51. The minimum atomic E-state index is -0.480. The maximum absolute atomic E-state index is 13.7. The molecule has 0 aliphatic carbocycles. The molecule has 0 atom stereocenters. The van der Waals surface area contributed by atoms with Crippen LogP contribution in [0.1, 0.15) is 24.0 Å². The molecule has 29 heavy (non-hydrogen) atoms. The highest BCUT2D eigenvalue weighted by Crippen LogP contribution is 2.37. The van der Waals surface area contributed by atoms with E-state index in [1.54, 1.807) is 7.11 Å². The lowest BCUT2D eigenvalue weighted by Crippen LogP contribution is -2.55. The smallest absolute Gasteiger partial charge is 0.233 e. The molecule has 0 N–H and O–H groups in total. The summed E-state index contributed by atoms with van der Waals surface area (Å²) in [4.78, 5) is 18.2. The Morgan fingerprint density at radius 3 is 2.24 bits per heavy atom. The molecule has 1 amide bonds. The van der Waals surface area contributed by atoms with Gasteiger partial charge in [-0.05, 0) is 36.1 Å². The molecular formula is C24H30N2O3. The van der Waals surface area contributed by atoms with E-state index in [1.165, 1.54) is 5.56 Å². The monoisotopic (exact) mass is 394 g/mol. The number of hydrogen-bond donors (Lipinski definition) is 0. The summed E-state index contributed by atoms with van der Waals surface area (Å²) in [7, 11) is 1.67. The van der Waals surface area contributed by atoms with Crippen molar-refractivity contribution in [1.82, 2.24) is 9.80 Å². The van der Waals surface area contributed by atoms with Crippen molar-refractivity contribution in [3.8, 4) is 5.75 Å². The Labute approximate surface area is 173 Å². The lowest BCUT2D eigenvalue weighted by atomic mass is 9.73. The number of piperazine rings is 1. The topological polar surface area (TPSA) is 42.0 Å². The summed E-state index contributed by atoms with van der Waals surface area (Å²) in [6.45, 7) is 5.60. The van der Waals surface area contributed by atoms with Crippen LogP contribution in [0.25, 0.3) is 0 Å². The van der Waals surface area contributed by atoms with Crippen molar-refractivity contribution >= 4 is 5.91 Å². The summed E-state index contributed by atoms with van der Waals surface area (Å²) in [6, 6.07) is 18.6. The number of amides is 1. The Balaban J connectivity index is 1.46. The number of methoxy groups -OCH3 is 1. The van der Waals surface area contributed by atoms with Crippen molar-refractivity contribution in [1.29, 1.82) is 0 Å². The molecule has 0 saturated carbocycles. The second kappa shape index (κ2) is 8.97. The number of carbonyl (C=O) groups is 1. The highest BCUT2D eigenvalue weighted by molar-refractivity contribution is 5.88. The Bertz CT molecular complexity index is 793. The SMILES string of the molecule is COc1ccc(C2(C(=O)N3CCN(Cc4ccccc4)CC3)CCOCC2)cc1. The van der Waals surface area contributed by atoms with E-state index in [0.717, 1.165) is 56.9 Å². The molecule has 5 nitrogen and oxygen atoms in total. The zero-order valence-electron chi connectivity index (χ0n) is 17.2. The first-order valence-corrected chi connectivity index (χ1v) is 10.5. The lowest BCUT2D eigenvalue weighted by molar-refractivity contribution is -0.143. The van der Waals surface area contributed by atoms with Gasteiger partial charge >= 0.3 is 0 Å². The summed E-state index contributed by atoms with van der Waals surface area (Å²) in [5.41, 5.74) is 1.93. The van der Waals surface area contributed by atoms with Gasteiger partial charge in [0.25, 0.3) is 0 Å². The van der Waals surface area contributed by atoms with Crippen LogP contribution >= 0.6 is 0 Å². The molecule has 2 aliphatic heterocycles. The molecular weight excluding hydrogens is 364 g/mol. The molecule has 0 spiro atoms. The Hall–Kier alpha value is -2.37. The maximum atomic E-state index is 13.7. The van der Waals surface area contributed by atoms with Gasteiger partial charge in [-0.15, -0.1) is 0 Å². The average Bonchev–Trinajstić information content (AvgIpc) is 2.80. The molecule has 5 heteroatoms. The van der Waals surface area contributed by atoms with Gasteiger partial charge < -0.3 is 14.4 Å². The van der Waals surface area contributed by atoms with E-state index in [9.17, 15) is 4.79 Å². The molecule has 4 rings (SSSR count). The van der Waals surface area contributed by atoms with E-state index >= 15 is 0 Å². The van der Waals surface area contributed by atoms with Crippen molar-refractivity contribution in [2.45, 2.75) is 24.8 Å². The van der Waals surface area contributed by atoms with Crippen LogP contribution in [0.3, 0.4) is 0 Å². The summed E-state index contributed by atoms with van der Waals surface area (Å²) < 4.78 is 10.9. The standard InChI is InChI=1S/C24H30N2O3/c1-28-22-9-7-21(8-10-22)24(11-17-29-18-12-24)23(27)26-15-13-25(14-16-26)19-20-5-3-2-4-6-20/h2-10H,11-19H2,1H3. The van der Waals surface area contributed by atoms with Crippen LogP contribution in [0.2, 0.25) is 0 Å². The van der Waals surface area contributed by atoms with Crippen LogP contribution in [-0.4, -0.2) is 62.2 Å². The lowest BCUT2D eigenvalue weighted by Gasteiger charge is -2.43. The van der Waals surface area contributed by atoms with Crippen molar-refractivity contribution in [2.24, 2.45) is 0 Å². The van der Waals surface area contributed by atoms with Crippen molar-refractivity contribution in [3.05, 3.63) is 65.7 Å². The van der Waals surface area contributed by atoms with Gasteiger partial charge in [0.15, 0.2) is 0 Å². The van der Waals surface area contributed by atoms with E-state index in [-0.39, 0.29) is 5.91 Å². The van der Waals surface area contributed by atoms with Gasteiger partial charge in [0, 0.05) is 45.9 Å². The Morgan fingerprint density at radius 2 is 1.62 bits per heavy atom. The molecule has 0 bridgehead atoms. The van der Waals surface area contributed by atoms with E-state index in [1.807, 2.05) is 30.3 Å². The molecule has 0 aromatic heterocycles. The third-order valence-electron chi connectivity index (χ3n) is 6.31. The normalized spacial score (nSPS) is 19.7. The number of nitrogens with zero attached hydrogens (tertiary/aromatic N) is 2. The highest BCUT2D eigenvalue weighted by atomic mass is 16.5. The third-order valence-corrected chi connectivity index (χ3v) is 6.31. The van der Waals surface area contributed by atoms with Crippen molar-refractivity contribution < 1.29 is 14.3 Å². The van der Waals surface area contributed by atoms with Crippen LogP contribution in [-0.2, 0) is 21.5 Å². The van der Waals surface area contributed by atoms with E-state index in [0.29, 0.717) is 13.2 Å². The van der Waals surface area contributed by atoms with E-state index in [4.69, 9.17) is 9.47 Å². The fraction of sp³-hybridized carbons (Fsp3) is 0.458. The molecule has 154 valence electrons. The first kappa shape index (κ1) is 19.9. The molecule has 0 unspecified atom stereocenters. The minimum absolute atomic E-state index is 0.255. The molecule has 2 aromatic carbocycles. The van der Waals surface area contributed by atoms with Crippen LogP contribution in [0, 0.1) is 0 Å². The first-order valence-electron chi connectivity index (χ1n) is 10.5. The molecule has 2 saturated heterocycles. The van der Waals surface area contributed by atoms with Crippen LogP contribution < -0.4 is 4.74 Å². The average molecular weight is 395 g/mol. The summed E-state index contributed by atoms with van der Waals surface area (Å²) in [5, 5.41) is 0. The highest BCUT2D eigenvalue weighted by Gasteiger charge is 2.44. The number of rotatable bonds is 5. The number of carbonyl (C=O) groups excluding carboxylic acids is 1. The van der Waals surface area contributed by atoms with Crippen molar-refractivity contribution in [2.75, 3.05) is 46.5 Å². The summed E-state index contributed by atoms with van der Waals surface area (Å²) in [5.74, 6) is 1.07. The van der Waals surface area contributed by atoms with Gasteiger partial charge in [0.1, 0.15) is 5.75 Å². The Kier molecular flexibility index (Phi) is 6.16. The summed E-state index contributed by atoms with van der Waals surface area (Å²) in [6.07, 6.45) is 1.48.